The molecule has 1 fully saturated rings. The molecule has 0 radical (unpaired) electrons. The number of hydrogen-bond acceptors (Lipinski definition) is 2. The number of nitrogens with zero attached hydrogens (tertiary/aromatic N) is 1. The highest BCUT2D eigenvalue weighted by molar-refractivity contribution is 14.1. The summed E-state index contributed by atoms with van der Waals surface area (Å²) in [5, 5.41) is 0. The molecule has 0 aromatic heterocycles. The van der Waals surface area contributed by atoms with E-state index >= 15 is 0 Å². The molecule has 1 heterocycles. The number of amides is 1. The third-order valence-electron chi connectivity index (χ3n) is 6.98. The van der Waals surface area contributed by atoms with E-state index in [1.807, 2.05) is 0 Å². The van der Waals surface area contributed by atoms with Gasteiger partial charge in [0.05, 0.1) is 13.0 Å². The molecule has 2 aromatic rings. The van der Waals surface area contributed by atoms with E-state index in [0.29, 0.717) is 18.9 Å². The fraction of sp³-hybridized carbons (Fsp3) is 0.367. The summed E-state index contributed by atoms with van der Waals surface area (Å²) in [5.74, 6) is 0.837. The van der Waals surface area contributed by atoms with Gasteiger partial charge in [-0.1, -0.05) is 72.3 Å². The van der Waals surface area contributed by atoms with Gasteiger partial charge in [0.1, 0.15) is 0 Å². The number of halogens is 1. The molecule has 4 rings (SSSR count). The Morgan fingerprint density at radius 1 is 1.03 bits per heavy atom. The molecule has 0 N–H and O–H groups in total. The fourth-order valence-electron chi connectivity index (χ4n) is 5.17. The summed E-state index contributed by atoms with van der Waals surface area (Å²) in [7, 11) is 1.65. The zero-order valence-electron chi connectivity index (χ0n) is 20.2. The van der Waals surface area contributed by atoms with E-state index in [9.17, 15) is 4.79 Å². The molecule has 178 valence electrons. The number of benzene rings is 2. The van der Waals surface area contributed by atoms with Crippen molar-refractivity contribution in [3.05, 3.63) is 93.1 Å². The highest BCUT2D eigenvalue weighted by Gasteiger charge is 2.29. The molecule has 1 aliphatic heterocycles. The van der Waals surface area contributed by atoms with Gasteiger partial charge in [-0.25, -0.2) is 0 Å². The molecular formula is C30H34INO2. The van der Waals surface area contributed by atoms with Crippen molar-refractivity contribution in [2.75, 3.05) is 20.3 Å². The van der Waals surface area contributed by atoms with E-state index in [4.69, 9.17) is 4.74 Å². The lowest BCUT2D eigenvalue weighted by Gasteiger charge is -2.38. The van der Waals surface area contributed by atoms with Crippen LogP contribution in [0.3, 0.4) is 0 Å². The Balaban J connectivity index is 1.54. The Morgan fingerprint density at radius 3 is 2.29 bits per heavy atom. The van der Waals surface area contributed by atoms with Gasteiger partial charge >= 0.3 is 0 Å². The largest absolute Gasteiger partial charge is 0.384 e. The number of hydrogen-bond donors (Lipinski definition) is 0. The van der Waals surface area contributed by atoms with Crippen LogP contribution in [0.2, 0.25) is 0 Å². The molecule has 34 heavy (non-hydrogen) atoms. The predicted molar refractivity (Wildman–Crippen MR) is 150 cm³/mol. The topological polar surface area (TPSA) is 29.5 Å². The van der Waals surface area contributed by atoms with E-state index < -0.39 is 0 Å². The van der Waals surface area contributed by atoms with E-state index in [2.05, 4.69) is 107 Å². The lowest BCUT2D eigenvalue weighted by Crippen LogP contribution is -2.45. The van der Waals surface area contributed by atoms with Crippen molar-refractivity contribution in [2.24, 2.45) is 5.92 Å². The van der Waals surface area contributed by atoms with E-state index in [1.165, 1.54) is 31.4 Å². The number of ether oxygens (including phenoxy) is 1. The van der Waals surface area contributed by atoms with Gasteiger partial charge in [-0.15, -0.1) is 0 Å². The highest BCUT2D eigenvalue weighted by Crippen LogP contribution is 2.40. The maximum atomic E-state index is 12.5. The quantitative estimate of drug-likeness (QED) is 0.329. The Hall–Kier alpha value is -2.18. The van der Waals surface area contributed by atoms with Gasteiger partial charge in [-0.3, -0.25) is 4.79 Å². The van der Waals surface area contributed by atoms with Crippen LogP contribution in [0.15, 0.2) is 82.0 Å². The molecule has 2 aromatic carbocycles. The summed E-state index contributed by atoms with van der Waals surface area (Å²) in [6.45, 7) is 3.56. The minimum atomic E-state index is 0.224. The number of piperidine rings is 1. The third-order valence-corrected chi connectivity index (χ3v) is 8.06. The number of rotatable bonds is 7. The third kappa shape index (κ3) is 6.08. The molecule has 1 unspecified atom stereocenters. The average molecular weight is 568 g/mol. The number of allylic oxidation sites excluding steroid dienone is 6. The van der Waals surface area contributed by atoms with Crippen molar-refractivity contribution in [2.45, 2.75) is 45.1 Å². The fourth-order valence-corrected chi connectivity index (χ4v) is 5.93. The highest BCUT2D eigenvalue weighted by atomic mass is 127. The Labute approximate surface area is 217 Å². The monoisotopic (exact) mass is 567 g/mol. The van der Waals surface area contributed by atoms with Crippen molar-refractivity contribution in [1.29, 1.82) is 0 Å². The number of carbonyl (C=O) groups excluding carboxylic acids is 1. The first kappa shape index (κ1) is 24.9. The summed E-state index contributed by atoms with van der Waals surface area (Å²) < 4.78 is 6.45. The summed E-state index contributed by atoms with van der Waals surface area (Å²) in [6.07, 6.45) is 9.48. The van der Waals surface area contributed by atoms with Gasteiger partial charge in [0.25, 0.3) is 0 Å². The summed E-state index contributed by atoms with van der Waals surface area (Å²) in [6, 6.07) is 21.7. The van der Waals surface area contributed by atoms with Crippen LogP contribution in [0.1, 0.15) is 50.2 Å². The van der Waals surface area contributed by atoms with Crippen molar-refractivity contribution < 1.29 is 9.53 Å². The first-order valence-corrected chi connectivity index (χ1v) is 13.3. The number of methoxy groups -OCH3 is 1. The van der Waals surface area contributed by atoms with Gasteiger partial charge in [-0.2, -0.15) is 0 Å². The van der Waals surface area contributed by atoms with Crippen LogP contribution in [0.25, 0.3) is 11.1 Å². The first-order chi connectivity index (χ1) is 16.6. The molecule has 3 nitrogen and oxygen atoms in total. The lowest BCUT2D eigenvalue weighted by atomic mass is 9.85. The van der Waals surface area contributed by atoms with Crippen LogP contribution in [-0.2, 0) is 9.53 Å². The maximum absolute atomic E-state index is 12.5. The van der Waals surface area contributed by atoms with Crippen molar-refractivity contribution in [3.8, 4) is 0 Å². The molecule has 1 amide bonds. The molecule has 2 aliphatic rings. The van der Waals surface area contributed by atoms with Crippen LogP contribution in [0.4, 0.5) is 0 Å². The lowest BCUT2D eigenvalue weighted by molar-refractivity contribution is -0.136. The molecule has 4 heteroatoms. The normalized spacial score (nSPS) is 21.1. The van der Waals surface area contributed by atoms with Crippen LogP contribution in [0.5, 0.6) is 0 Å². The minimum Gasteiger partial charge on any atom is -0.384 e. The van der Waals surface area contributed by atoms with Crippen molar-refractivity contribution in [1.82, 2.24) is 4.90 Å². The first-order valence-electron chi connectivity index (χ1n) is 12.3. The minimum absolute atomic E-state index is 0.224. The smallest absolute Gasteiger partial charge is 0.225 e. The molecule has 0 saturated carbocycles. The average Bonchev–Trinajstić information content (AvgIpc) is 3.02. The standard InChI is InChI=1S/C30H34INO2/c1-22-19-23(15-17-32(22)30(33)16-18-34-2)20-26-13-14-27(24-9-5-3-6-10-24)28(21-29(26)31)25-11-7-4-8-12-25/h3-12,14,21-23H,13,15-20H2,1-2H3/t22-,23?/m1/s1. The second-order valence-corrected chi connectivity index (χ2v) is 10.5. The van der Waals surface area contributed by atoms with Gasteiger partial charge < -0.3 is 9.64 Å². The van der Waals surface area contributed by atoms with Crippen molar-refractivity contribution >= 4 is 39.6 Å². The van der Waals surface area contributed by atoms with Crippen LogP contribution in [0, 0.1) is 5.92 Å². The number of carbonyl (C=O) groups is 1. The zero-order chi connectivity index (χ0) is 23.9. The van der Waals surface area contributed by atoms with E-state index in [-0.39, 0.29) is 11.9 Å². The van der Waals surface area contributed by atoms with E-state index in [0.717, 1.165) is 32.2 Å². The van der Waals surface area contributed by atoms with Gasteiger partial charge in [-0.05, 0) is 89.5 Å². The second kappa shape index (κ2) is 12.0. The Kier molecular flexibility index (Phi) is 8.79. The van der Waals surface area contributed by atoms with Crippen molar-refractivity contribution in [3.63, 3.8) is 0 Å². The van der Waals surface area contributed by atoms with Gasteiger partial charge in [0.15, 0.2) is 0 Å². The van der Waals surface area contributed by atoms with Crippen LogP contribution < -0.4 is 0 Å². The molecular weight excluding hydrogens is 533 g/mol. The molecule has 1 saturated heterocycles. The van der Waals surface area contributed by atoms with E-state index in [1.54, 1.807) is 7.11 Å². The second-order valence-electron chi connectivity index (χ2n) is 9.34. The zero-order valence-corrected chi connectivity index (χ0v) is 22.3. The molecule has 2 atom stereocenters. The summed E-state index contributed by atoms with van der Waals surface area (Å²) >= 11 is 2.54. The number of likely N-dealkylation sites (tertiary alicyclic amines) is 1. The van der Waals surface area contributed by atoms with Crippen LogP contribution in [-0.4, -0.2) is 37.1 Å². The summed E-state index contributed by atoms with van der Waals surface area (Å²) in [5.41, 5.74) is 6.63. The Bertz CT molecular complexity index is 1070. The Morgan fingerprint density at radius 2 is 1.68 bits per heavy atom. The van der Waals surface area contributed by atoms with Gasteiger partial charge in [0, 0.05) is 23.3 Å². The SMILES string of the molecule is COCCC(=O)N1CCC(CC2=C(I)C=C(c3ccccc3)C(c3ccccc3)=CC2)C[C@H]1C. The van der Waals surface area contributed by atoms with Crippen LogP contribution >= 0.6 is 22.6 Å². The maximum Gasteiger partial charge on any atom is 0.225 e. The predicted octanol–water partition coefficient (Wildman–Crippen LogP) is 7.30. The molecule has 0 bridgehead atoms. The molecule has 0 spiro atoms. The summed E-state index contributed by atoms with van der Waals surface area (Å²) in [4.78, 5) is 14.6. The molecule has 1 aliphatic carbocycles. The van der Waals surface area contributed by atoms with Gasteiger partial charge in [0.2, 0.25) is 5.91 Å².